The van der Waals surface area contributed by atoms with Crippen LogP contribution in [0.15, 0.2) is 162 Å². The number of nitrogen functional groups attached to an aromatic ring is 1. The van der Waals surface area contributed by atoms with Crippen molar-refractivity contribution in [3.63, 3.8) is 0 Å². The number of hydrogen-bond donors (Lipinski definition) is 2. The number of rotatable bonds is 1. The summed E-state index contributed by atoms with van der Waals surface area (Å²) in [6.07, 6.45) is 0. The summed E-state index contributed by atoms with van der Waals surface area (Å²) in [6.45, 7) is 0. The van der Waals surface area contributed by atoms with Gasteiger partial charge in [-0.25, -0.2) is 0 Å². The highest BCUT2D eigenvalue weighted by Crippen LogP contribution is 2.46. The summed E-state index contributed by atoms with van der Waals surface area (Å²) in [5.41, 5.74) is 14.1. The Hall–Kier alpha value is -6.85. The van der Waals surface area contributed by atoms with Gasteiger partial charge in [0.05, 0.1) is 21.8 Å². The molecule has 0 amide bonds. The number of aryl methyl sites for hydroxylation is 1. The van der Waals surface area contributed by atoms with Crippen molar-refractivity contribution in [1.29, 1.82) is 5.41 Å². The minimum Gasteiger partial charge on any atom is -0.456 e. The van der Waals surface area contributed by atoms with Crippen molar-refractivity contribution < 1.29 is 4.42 Å². The van der Waals surface area contributed by atoms with Gasteiger partial charge in [0.1, 0.15) is 11.2 Å². The normalized spacial score (nSPS) is 11.8. The first-order valence-corrected chi connectivity index (χ1v) is 17.1. The van der Waals surface area contributed by atoms with Crippen molar-refractivity contribution in [2.75, 3.05) is 5.73 Å². The van der Waals surface area contributed by atoms with E-state index in [1.165, 1.54) is 70.8 Å². The molecule has 5 heteroatoms. The Morgan fingerprint density at radius 3 is 1.84 bits per heavy atom. The van der Waals surface area contributed by atoms with Crippen LogP contribution in [0.4, 0.5) is 5.69 Å². The molecule has 11 rings (SSSR count). The van der Waals surface area contributed by atoms with Crippen molar-refractivity contribution in [1.82, 2.24) is 9.13 Å². The molecule has 0 saturated heterocycles. The predicted molar refractivity (Wildman–Crippen MR) is 214 cm³/mol. The summed E-state index contributed by atoms with van der Waals surface area (Å²) in [7, 11) is 2.18. The van der Waals surface area contributed by atoms with E-state index in [1.54, 1.807) is 6.07 Å². The Morgan fingerprint density at radius 2 is 1.06 bits per heavy atom. The summed E-state index contributed by atoms with van der Waals surface area (Å²) in [5, 5.41) is 20.5. The van der Waals surface area contributed by atoms with E-state index in [2.05, 4.69) is 131 Å². The lowest BCUT2D eigenvalue weighted by molar-refractivity contribution is 0.659. The first-order chi connectivity index (χ1) is 25.1. The zero-order valence-electron chi connectivity index (χ0n) is 27.9. The van der Waals surface area contributed by atoms with E-state index in [0.29, 0.717) is 27.6 Å². The number of aromatic nitrogens is 2. The zero-order chi connectivity index (χ0) is 34.2. The van der Waals surface area contributed by atoms with Crippen LogP contribution in [-0.4, -0.2) is 9.13 Å². The molecule has 0 aliphatic rings. The summed E-state index contributed by atoms with van der Waals surface area (Å²) >= 11 is 0. The monoisotopic (exact) mass is 656 g/mol. The molecule has 11 aromatic rings. The third kappa shape index (κ3) is 4.18. The SMILES string of the molecule is Cn1c2ccccc2c2c3c(ccc21)c1ccccc1c1c3c2ccccc2n1-c1ccccc1.N=c1c2ccccc2oc2cccc(N)c12. The molecule has 3 aromatic heterocycles. The molecule has 0 radical (unpaired) electrons. The van der Waals surface area contributed by atoms with Crippen molar-refractivity contribution >= 4 is 92.8 Å². The number of benzene rings is 8. The number of nitrogens with two attached hydrogens (primary N) is 1. The van der Waals surface area contributed by atoms with Crippen LogP contribution in [0.25, 0.3) is 92.8 Å². The first-order valence-electron chi connectivity index (χ1n) is 17.1. The maximum Gasteiger partial charge on any atom is 0.138 e. The number of fused-ring (bicyclic) bond motifs is 14. The quantitative estimate of drug-likeness (QED) is 0.105. The first kappa shape index (κ1) is 29.1. The van der Waals surface area contributed by atoms with Gasteiger partial charge >= 0.3 is 0 Å². The predicted octanol–water partition coefficient (Wildman–Crippen LogP) is 11.4. The van der Waals surface area contributed by atoms with Crippen LogP contribution in [0.1, 0.15) is 0 Å². The lowest BCUT2D eigenvalue weighted by atomic mass is 9.93. The molecule has 242 valence electrons. The maximum atomic E-state index is 8.13. The van der Waals surface area contributed by atoms with E-state index in [-0.39, 0.29) is 0 Å². The van der Waals surface area contributed by atoms with E-state index in [1.807, 2.05) is 36.4 Å². The highest BCUT2D eigenvalue weighted by molar-refractivity contribution is 6.39. The molecule has 0 aliphatic heterocycles. The van der Waals surface area contributed by atoms with Crippen LogP contribution < -0.4 is 11.1 Å². The molecule has 8 aromatic carbocycles. The van der Waals surface area contributed by atoms with Gasteiger partial charge in [-0.2, -0.15) is 0 Å². The van der Waals surface area contributed by atoms with Crippen LogP contribution in [0.3, 0.4) is 0 Å². The van der Waals surface area contributed by atoms with Gasteiger partial charge in [-0.05, 0) is 65.4 Å². The fourth-order valence-corrected chi connectivity index (χ4v) is 8.17. The van der Waals surface area contributed by atoms with Gasteiger partial charge in [0.2, 0.25) is 0 Å². The van der Waals surface area contributed by atoms with Crippen molar-refractivity contribution in [2.24, 2.45) is 7.05 Å². The number of para-hydroxylation sites is 4. The van der Waals surface area contributed by atoms with Gasteiger partial charge in [0.15, 0.2) is 0 Å². The van der Waals surface area contributed by atoms with Gasteiger partial charge in [-0.3, -0.25) is 5.41 Å². The van der Waals surface area contributed by atoms with Gasteiger partial charge < -0.3 is 19.3 Å². The minimum absolute atomic E-state index is 0.426. The number of nitrogens with one attached hydrogen (secondary N) is 1. The van der Waals surface area contributed by atoms with Crippen LogP contribution >= 0.6 is 0 Å². The van der Waals surface area contributed by atoms with Crippen molar-refractivity contribution in [3.8, 4) is 5.69 Å². The van der Waals surface area contributed by atoms with E-state index < -0.39 is 0 Å². The molecular weight excluding hydrogens is 625 g/mol. The largest absolute Gasteiger partial charge is 0.456 e. The third-order valence-corrected chi connectivity index (χ3v) is 10.4. The standard InChI is InChI=1S/C33H22N2.C13H10N2O/c1-34-27-17-9-7-15-25(27)30-29(34)20-19-23-22-13-5-6-14-24(22)33-32(31(23)30)26-16-8-10-18-28(26)35(33)21-11-3-2-4-12-21;14-9-5-3-7-11-12(9)13(15)8-4-1-2-6-10(8)16-11/h2-20H,1H3;1-7,15H,14H2. The summed E-state index contributed by atoms with van der Waals surface area (Å²) < 4.78 is 10.5. The molecule has 0 atom stereocenters. The highest BCUT2D eigenvalue weighted by Gasteiger charge is 2.22. The van der Waals surface area contributed by atoms with Gasteiger partial charge in [-0.15, -0.1) is 0 Å². The van der Waals surface area contributed by atoms with Gasteiger partial charge in [0, 0.05) is 67.2 Å². The molecular formula is C46H32N4O. The fraction of sp³-hybridized carbons (Fsp3) is 0.0217. The molecule has 5 nitrogen and oxygen atoms in total. The van der Waals surface area contributed by atoms with E-state index in [0.717, 1.165) is 5.39 Å². The number of anilines is 1. The van der Waals surface area contributed by atoms with Crippen LogP contribution in [0.2, 0.25) is 0 Å². The third-order valence-electron chi connectivity index (χ3n) is 10.4. The molecule has 3 heterocycles. The summed E-state index contributed by atoms with van der Waals surface area (Å²) in [4.78, 5) is 0. The Kier molecular flexibility index (Phi) is 6.33. The molecule has 0 fully saturated rings. The topological polar surface area (TPSA) is 72.9 Å². The Labute approximate surface area is 292 Å². The Bertz CT molecular complexity index is 3240. The Balaban J connectivity index is 0.000000171. The molecule has 0 bridgehead atoms. The van der Waals surface area contributed by atoms with Crippen molar-refractivity contribution in [3.05, 3.63) is 163 Å². The van der Waals surface area contributed by atoms with Gasteiger partial charge in [0.25, 0.3) is 0 Å². The second-order valence-electron chi connectivity index (χ2n) is 13.1. The maximum absolute atomic E-state index is 8.13. The molecule has 0 saturated carbocycles. The van der Waals surface area contributed by atoms with Crippen LogP contribution in [0, 0.1) is 5.41 Å². The molecule has 0 spiro atoms. The smallest absolute Gasteiger partial charge is 0.138 e. The average Bonchev–Trinajstić information content (AvgIpc) is 3.68. The van der Waals surface area contributed by atoms with E-state index in [4.69, 9.17) is 15.6 Å². The molecule has 0 unspecified atom stereocenters. The van der Waals surface area contributed by atoms with E-state index >= 15 is 0 Å². The lowest BCUT2D eigenvalue weighted by Crippen LogP contribution is -2.05. The fourth-order valence-electron chi connectivity index (χ4n) is 8.17. The molecule has 0 aliphatic carbocycles. The van der Waals surface area contributed by atoms with Crippen LogP contribution in [-0.2, 0) is 7.05 Å². The minimum atomic E-state index is 0.426. The zero-order valence-corrected chi connectivity index (χ0v) is 27.9. The second-order valence-corrected chi connectivity index (χ2v) is 13.1. The Morgan fingerprint density at radius 1 is 0.451 bits per heavy atom. The summed E-state index contributed by atoms with van der Waals surface area (Å²) in [6, 6.07) is 54.9. The van der Waals surface area contributed by atoms with Crippen molar-refractivity contribution in [2.45, 2.75) is 0 Å². The van der Waals surface area contributed by atoms with E-state index in [9.17, 15) is 0 Å². The molecule has 3 N–H and O–H groups in total. The number of nitrogens with zero attached hydrogens (tertiary/aromatic N) is 2. The van der Waals surface area contributed by atoms with Gasteiger partial charge in [-0.1, -0.05) is 103 Å². The molecule has 51 heavy (non-hydrogen) atoms. The summed E-state index contributed by atoms with van der Waals surface area (Å²) in [5.74, 6) is 0. The number of hydrogen-bond acceptors (Lipinski definition) is 3. The average molecular weight is 657 g/mol. The lowest BCUT2D eigenvalue weighted by Gasteiger charge is -2.13. The highest BCUT2D eigenvalue weighted by atomic mass is 16.3. The second kappa shape index (κ2) is 11.1. The van der Waals surface area contributed by atoms with Crippen LogP contribution in [0.5, 0.6) is 0 Å².